The molecule has 10 heteroatoms. The van der Waals surface area contributed by atoms with Gasteiger partial charge in [0.1, 0.15) is 0 Å². The monoisotopic (exact) mass is 386 g/mol. The van der Waals surface area contributed by atoms with E-state index in [4.69, 9.17) is 4.74 Å². The summed E-state index contributed by atoms with van der Waals surface area (Å²) >= 11 is 1.48. The molecule has 2 heterocycles. The molecule has 0 spiro atoms. The van der Waals surface area contributed by atoms with Gasteiger partial charge in [0.05, 0.1) is 23.9 Å². The molecular formula is C16H26N4O5S. The van der Waals surface area contributed by atoms with Gasteiger partial charge in [0.15, 0.2) is 0 Å². The Morgan fingerprint density at radius 3 is 2.62 bits per heavy atom. The number of rotatable bonds is 5. The van der Waals surface area contributed by atoms with Gasteiger partial charge in [0.25, 0.3) is 0 Å². The molecule has 2 fully saturated rings. The minimum absolute atomic E-state index is 0.0383. The fourth-order valence-corrected chi connectivity index (χ4v) is 4.47. The summed E-state index contributed by atoms with van der Waals surface area (Å²) in [7, 11) is 0. The van der Waals surface area contributed by atoms with Crippen molar-refractivity contribution in [1.29, 1.82) is 0 Å². The normalized spacial score (nSPS) is 28.1. The van der Waals surface area contributed by atoms with E-state index in [0.29, 0.717) is 19.4 Å². The average molecular weight is 386 g/mol. The third kappa shape index (κ3) is 5.87. The molecule has 146 valence electrons. The Bertz CT molecular complexity index is 559. The second-order valence-corrected chi connectivity index (χ2v) is 7.58. The molecule has 2 rings (SSSR count). The molecule has 4 unspecified atom stereocenters. The van der Waals surface area contributed by atoms with Crippen LogP contribution in [0.15, 0.2) is 0 Å². The van der Waals surface area contributed by atoms with Crippen LogP contribution in [0, 0.1) is 5.92 Å². The zero-order chi connectivity index (χ0) is 19.1. The van der Waals surface area contributed by atoms with E-state index in [1.165, 1.54) is 18.7 Å². The average Bonchev–Trinajstić information content (AvgIpc) is 3.03. The lowest BCUT2D eigenvalue weighted by Crippen LogP contribution is -2.55. The van der Waals surface area contributed by atoms with E-state index >= 15 is 0 Å². The molecule has 2 aliphatic rings. The van der Waals surface area contributed by atoms with Crippen LogP contribution in [0.3, 0.4) is 0 Å². The van der Waals surface area contributed by atoms with E-state index < -0.39 is 24.0 Å². The number of hydrogen-bond donors (Lipinski definition) is 4. The van der Waals surface area contributed by atoms with Gasteiger partial charge in [-0.25, -0.2) is 4.79 Å². The Morgan fingerprint density at radius 1 is 1.15 bits per heavy atom. The van der Waals surface area contributed by atoms with Crippen LogP contribution in [-0.4, -0.2) is 60.2 Å². The second kappa shape index (κ2) is 9.77. The first-order valence-electron chi connectivity index (χ1n) is 8.80. The highest BCUT2D eigenvalue weighted by Gasteiger charge is 2.37. The third-order valence-electron chi connectivity index (χ3n) is 4.34. The van der Waals surface area contributed by atoms with Gasteiger partial charge in [-0.15, -0.1) is 11.8 Å². The van der Waals surface area contributed by atoms with Crippen molar-refractivity contribution < 1.29 is 23.9 Å². The molecule has 26 heavy (non-hydrogen) atoms. The number of thioether (sulfide) groups is 1. The van der Waals surface area contributed by atoms with Crippen LogP contribution in [-0.2, 0) is 19.1 Å². The minimum Gasteiger partial charge on any atom is -0.450 e. The third-order valence-corrected chi connectivity index (χ3v) is 5.62. The van der Waals surface area contributed by atoms with Crippen molar-refractivity contribution in [3.8, 4) is 0 Å². The molecule has 9 nitrogen and oxygen atoms in total. The summed E-state index contributed by atoms with van der Waals surface area (Å²) in [4.78, 5) is 47.4. The lowest BCUT2D eigenvalue weighted by Gasteiger charge is -2.31. The van der Waals surface area contributed by atoms with Crippen molar-refractivity contribution in [2.75, 3.05) is 18.9 Å². The molecule has 0 aromatic carbocycles. The maximum absolute atomic E-state index is 12.6. The topological polar surface area (TPSA) is 126 Å². The van der Waals surface area contributed by atoms with Crippen LogP contribution in [0.25, 0.3) is 0 Å². The SMILES string of the molecule is CCOC(=O)NC(=O)C1CCSC1NC(=O)C1CC(NC(C)=O)CCN1. The van der Waals surface area contributed by atoms with E-state index in [2.05, 4.69) is 21.3 Å². The molecule has 0 aromatic rings. The van der Waals surface area contributed by atoms with Crippen molar-refractivity contribution in [2.24, 2.45) is 5.92 Å². The summed E-state index contributed by atoms with van der Waals surface area (Å²) in [6.07, 6.45) is 1.08. The first kappa shape index (κ1) is 20.5. The molecule has 0 bridgehead atoms. The maximum atomic E-state index is 12.6. The Morgan fingerprint density at radius 2 is 1.92 bits per heavy atom. The van der Waals surface area contributed by atoms with Gasteiger partial charge in [0, 0.05) is 13.0 Å². The van der Waals surface area contributed by atoms with Crippen molar-refractivity contribution in [1.82, 2.24) is 21.3 Å². The molecule has 4 N–H and O–H groups in total. The van der Waals surface area contributed by atoms with E-state index in [0.717, 1.165) is 12.2 Å². The van der Waals surface area contributed by atoms with Crippen molar-refractivity contribution in [3.63, 3.8) is 0 Å². The number of carbonyl (C=O) groups is 4. The molecule has 0 radical (unpaired) electrons. The Balaban J connectivity index is 1.87. The fourth-order valence-electron chi connectivity index (χ4n) is 3.14. The van der Waals surface area contributed by atoms with Gasteiger partial charge in [-0.05, 0) is 38.5 Å². The highest BCUT2D eigenvalue weighted by Crippen LogP contribution is 2.31. The molecule has 0 saturated carbocycles. The molecule has 2 aliphatic heterocycles. The number of imide groups is 1. The zero-order valence-corrected chi connectivity index (χ0v) is 15.8. The standard InChI is InChI=1S/C16H26N4O5S/c1-3-25-16(24)20-13(22)11-5-7-26-15(11)19-14(23)12-8-10(4-6-17-12)18-9(2)21/h10-12,15,17H,3-8H2,1-2H3,(H,18,21)(H,19,23)(H,20,22,24). The molecular weight excluding hydrogens is 360 g/mol. The molecule has 4 amide bonds. The van der Waals surface area contributed by atoms with Gasteiger partial charge >= 0.3 is 6.09 Å². The van der Waals surface area contributed by atoms with Crippen LogP contribution in [0.1, 0.15) is 33.1 Å². The maximum Gasteiger partial charge on any atom is 0.413 e. The summed E-state index contributed by atoms with van der Waals surface area (Å²) in [5.74, 6) is -0.514. The van der Waals surface area contributed by atoms with E-state index in [1.54, 1.807) is 6.92 Å². The summed E-state index contributed by atoms with van der Waals surface area (Å²) in [5.41, 5.74) is 0. The largest absolute Gasteiger partial charge is 0.450 e. The first-order valence-corrected chi connectivity index (χ1v) is 9.85. The number of carbonyl (C=O) groups excluding carboxylic acids is 4. The summed E-state index contributed by atoms with van der Waals surface area (Å²) in [6, 6.07) is -0.459. The predicted octanol–water partition coefficient (Wildman–Crippen LogP) is -0.289. The lowest BCUT2D eigenvalue weighted by atomic mass is 9.98. The van der Waals surface area contributed by atoms with E-state index in [9.17, 15) is 19.2 Å². The molecule has 0 aromatic heterocycles. The van der Waals surface area contributed by atoms with E-state index in [-0.39, 0.29) is 29.8 Å². The van der Waals surface area contributed by atoms with Gasteiger partial charge in [0.2, 0.25) is 17.7 Å². The van der Waals surface area contributed by atoms with Crippen LogP contribution >= 0.6 is 11.8 Å². The highest BCUT2D eigenvalue weighted by molar-refractivity contribution is 8.00. The zero-order valence-electron chi connectivity index (χ0n) is 15.0. The van der Waals surface area contributed by atoms with Crippen molar-refractivity contribution in [2.45, 2.75) is 50.6 Å². The van der Waals surface area contributed by atoms with E-state index in [1.807, 2.05) is 0 Å². The number of piperidine rings is 1. The molecule has 2 saturated heterocycles. The first-order chi connectivity index (χ1) is 12.4. The number of nitrogens with one attached hydrogen (secondary N) is 4. The van der Waals surface area contributed by atoms with Gasteiger partial charge in [-0.3, -0.25) is 19.7 Å². The van der Waals surface area contributed by atoms with Gasteiger partial charge < -0.3 is 20.7 Å². The predicted molar refractivity (Wildman–Crippen MR) is 96.3 cm³/mol. The highest BCUT2D eigenvalue weighted by atomic mass is 32.2. The quantitative estimate of drug-likeness (QED) is 0.512. The van der Waals surface area contributed by atoms with Gasteiger partial charge in [-0.1, -0.05) is 0 Å². The number of ether oxygens (including phenoxy) is 1. The fraction of sp³-hybridized carbons (Fsp3) is 0.750. The van der Waals surface area contributed by atoms with Crippen LogP contribution in [0.4, 0.5) is 4.79 Å². The van der Waals surface area contributed by atoms with Crippen LogP contribution < -0.4 is 21.3 Å². The Kier molecular flexibility index (Phi) is 7.70. The Hall–Kier alpha value is -1.81. The van der Waals surface area contributed by atoms with Crippen LogP contribution in [0.5, 0.6) is 0 Å². The van der Waals surface area contributed by atoms with Crippen molar-refractivity contribution in [3.05, 3.63) is 0 Å². The molecule has 4 atom stereocenters. The smallest absolute Gasteiger partial charge is 0.413 e. The number of alkyl carbamates (subject to hydrolysis) is 1. The summed E-state index contributed by atoms with van der Waals surface area (Å²) in [6.45, 7) is 3.93. The summed E-state index contributed by atoms with van der Waals surface area (Å²) < 4.78 is 4.72. The number of amides is 4. The minimum atomic E-state index is -0.772. The van der Waals surface area contributed by atoms with Gasteiger partial charge in [-0.2, -0.15) is 0 Å². The number of hydrogen-bond acceptors (Lipinski definition) is 7. The van der Waals surface area contributed by atoms with Crippen LogP contribution in [0.2, 0.25) is 0 Å². The second-order valence-electron chi connectivity index (χ2n) is 6.33. The molecule has 0 aliphatic carbocycles. The summed E-state index contributed by atoms with van der Waals surface area (Å²) in [5, 5.41) is 10.7. The lowest BCUT2D eigenvalue weighted by molar-refractivity contribution is -0.127. The van der Waals surface area contributed by atoms with Crippen molar-refractivity contribution >= 4 is 35.6 Å². The Labute approximate surface area is 156 Å².